The molecule has 0 radical (unpaired) electrons. The summed E-state index contributed by atoms with van der Waals surface area (Å²) in [6.45, 7) is 4.48. The smallest absolute Gasteiger partial charge is 0.292 e. The molecule has 1 aromatic heterocycles. The maximum atomic E-state index is 13.0. The Morgan fingerprint density at radius 3 is 2.62 bits per heavy atom. The summed E-state index contributed by atoms with van der Waals surface area (Å²) in [6.07, 6.45) is 1.58. The SMILES string of the molecule is CCn1ncc(NC(=O)Cc2ccc(F)cc2)c(N2CCOCC2)c1=O. The number of halogens is 1. The molecule has 0 bridgehead atoms. The van der Waals surface area contributed by atoms with Crippen molar-refractivity contribution in [2.75, 3.05) is 36.5 Å². The first-order valence-corrected chi connectivity index (χ1v) is 8.55. The minimum absolute atomic E-state index is 0.0830. The lowest BCUT2D eigenvalue weighted by atomic mass is 10.1. The van der Waals surface area contributed by atoms with Crippen LogP contribution < -0.4 is 15.8 Å². The summed E-state index contributed by atoms with van der Waals surface area (Å²) in [5, 5.41) is 6.88. The zero-order valence-electron chi connectivity index (χ0n) is 14.6. The van der Waals surface area contributed by atoms with Crippen molar-refractivity contribution in [3.63, 3.8) is 0 Å². The molecule has 3 rings (SSSR count). The van der Waals surface area contributed by atoms with Gasteiger partial charge in [0, 0.05) is 19.6 Å². The van der Waals surface area contributed by atoms with E-state index in [-0.39, 0.29) is 23.7 Å². The van der Waals surface area contributed by atoms with Gasteiger partial charge in [0.1, 0.15) is 11.5 Å². The molecule has 8 heteroatoms. The molecule has 0 atom stereocenters. The normalized spacial score (nSPS) is 14.3. The summed E-state index contributed by atoms with van der Waals surface area (Å²) in [5.41, 5.74) is 1.26. The number of hydrogen-bond acceptors (Lipinski definition) is 5. The quantitative estimate of drug-likeness (QED) is 0.873. The molecule has 0 aliphatic carbocycles. The van der Waals surface area contributed by atoms with Crippen molar-refractivity contribution in [3.8, 4) is 0 Å². The zero-order valence-corrected chi connectivity index (χ0v) is 14.6. The van der Waals surface area contributed by atoms with Crippen LogP contribution in [0.3, 0.4) is 0 Å². The molecule has 1 aliphatic heterocycles. The molecule has 1 fully saturated rings. The van der Waals surface area contributed by atoms with Crippen LogP contribution in [-0.4, -0.2) is 42.0 Å². The van der Waals surface area contributed by atoms with Gasteiger partial charge >= 0.3 is 0 Å². The van der Waals surface area contributed by atoms with E-state index >= 15 is 0 Å². The van der Waals surface area contributed by atoms with Gasteiger partial charge in [-0.1, -0.05) is 12.1 Å². The fraction of sp³-hybridized carbons (Fsp3) is 0.389. The second kappa shape index (κ2) is 8.09. The van der Waals surface area contributed by atoms with E-state index in [2.05, 4.69) is 10.4 Å². The van der Waals surface area contributed by atoms with Crippen LogP contribution in [0.5, 0.6) is 0 Å². The van der Waals surface area contributed by atoms with E-state index < -0.39 is 0 Å². The van der Waals surface area contributed by atoms with Gasteiger partial charge in [-0.3, -0.25) is 9.59 Å². The zero-order chi connectivity index (χ0) is 18.5. The molecule has 1 N–H and O–H groups in total. The Morgan fingerprint density at radius 2 is 1.96 bits per heavy atom. The molecule has 7 nitrogen and oxygen atoms in total. The van der Waals surface area contributed by atoms with E-state index in [4.69, 9.17) is 4.74 Å². The molecule has 0 saturated carbocycles. The number of hydrogen-bond donors (Lipinski definition) is 1. The predicted octanol–water partition coefficient (Wildman–Crippen LogP) is 1.42. The van der Waals surface area contributed by atoms with Crippen LogP contribution in [-0.2, 0) is 22.5 Å². The standard InChI is InChI=1S/C18H21FN4O3/c1-2-23-18(25)17(22-7-9-26-10-8-22)15(12-20-23)21-16(24)11-13-3-5-14(19)6-4-13/h3-6,12H,2,7-11H2,1H3,(H,21,24). The molecule has 1 aliphatic rings. The van der Waals surface area contributed by atoms with Crippen LogP contribution in [0.25, 0.3) is 0 Å². The number of rotatable bonds is 5. The topological polar surface area (TPSA) is 76.5 Å². The first-order valence-electron chi connectivity index (χ1n) is 8.55. The Bertz CT molecular complexity index is 829. The third kappa shape index (κ3) is 4.08. The number of aryl methyl sites for hydroxylation is 1. The van der Waals surface area contributed by atoms with E-state index in [0.717, 1.165) is 0 Å². The Labute approximate surface area is 150 Å². The molecule has 2 heterocycles. The van der Waals surface area contributed by atoms with Gasteiger partial charge in [-0.2, -0.15) is 5.10 Å². The highest BCUT2D eigenvalue weighted by atomic mass is 19.1. The summed E-state index contributed by atoms with van der Waals surface area (Å²) in [6, 6.07) is 5.74. The van der Waals surface area contributed by atoms with E-state index in [1.807, 2.05) is 11.8 Å². The molecule has 2 aromatic rings. The summed E-state index contributed by atoms with van der Waals surface area (Å²) in [5.74, 6) is -0.641. The molecule has 0 unspecified atom stereocenters. The molecular weight excluding hydrogens is 339 g/mol. The van der Waals surface area contributed by atoms with E-state index in [9.17, 15) is 14.0 Å². The number of morpholine rings is 1. The molecule has 138 valence electrons. The number of benzene rings is 1. The largest absolute Gasteiger partial charge is 0.378 e. The minimum atomic E-state index is -0.351. The van der Waals surface area contributed by atoms with Crippen molar-refractivity contribution >= 4 is 17.3 Å². The molecule has 1 saturated heterocycles. The van der Waals surface area contributed by atoms with Gasteiger partial charge in [0.2, 0.25) is 5.91 Å². The fourth-order valence-corrected chi connectivity index (χ4v) is 2.87. The molecule has 26 heavy (non-hydrogen) atoms. The highest BCUT2D eigenvalue weighted by Crippen LogP contribution is 2.22. The lowest BCUT2D eigenvalue weighted by Gasteiger charge is -2.29. The van der Waals surface area contributed by atoms with Crippen molar-refractivity contribution in [1.82, 2.24) is 9.78 Å². The Kier molecular flexibility index (Phi) is 5.62. The molecule has 1 amide bonds. The van der Waals surface area contributed by atoms with Gasteiger partial charge < -0.3 is 15.0 Å². The van der Waals surface area contributed by atoms with Crippen molar-refractivity contribution < 1.29 is 13.9 Å². The maximum Gasteiger partial charge on any atom is 0.292 e. The van der Waals surface area contributed by atoms with Crippen molar-refractivity contribution in [2.45, 2.75) is 19.9 Å². The summed E-state index contributed by atoms with van der Waals surface area (Å²) < 4.78 is 19.7. The van der Waals surface area contributed by atoms with E-state index in [1.165, 1.54) is 23.0 Å². The molecule has 1 aromatic carbocycles. The van der Waals surface area contributed by atoms with Crippen LogP contribution in [0.2, 0.25) is 0 Å². The van der Waals surface area contributed by atoms with Gasteiger partial charge in [0.25, 0.3) is 5.56 Å². The number of anilines is 2. The number of aromatic nitrogens is 2. The monoisotopic (exact) mass is 360 g/mol. The average Bonchev–Trinajstić information content (AvgIpc) is 2.65. The first kappa shape index (κ1) is 18.1. The number of nitrogens with one attached hydrogen (secondary N) is 1. The number of ether oxygens (including phenoxy) is 1. The van der Waals surface area contributed by atoms with Crippen LogP contribution >= 0.6 is 0 Å². The predicted molar refractivity (Wildman–Crippen MR) is 95.9 cm³/mol. The lowest BCUT2D eigenvalue weighted by Crippen LogP contribution is -2.41. The summed E-state index contributed by atoms with van der Waals surface area (Å²) in [4.78, 5) is 27.0. The van der Waals surface area contributed by atoms with Gasteiger partial charge in [-0.15, -0.1) is 0 Å². The Hall–Kier alpha value is -2.74. The summed E-state index contributed by atoms with van der Waals surface area (Å²) >= 11 is 0. The fourth-order valence-electron chi connectivity index (χ4n) is 2.87. The third-order valence-electron chi connectivity index (χ3n) is 4.20. The van der Waals surface area contributed by atoms with Crippen LogP contribution in [0.15, 0.2) is 35.3 Å². The minimum Gasteiger partial charge on any atom is -0.378 e. The van der Waals surface area contributed by atoms with Crippen LogP contribution in [0.4, 0.5) is 15.8 Å². The first-order chi connectivity index (χ1) is 12.6. The molecule has 0 spiro atoms. The molecular formula is C18H21FN4O3. The Balaban J connectivity index is 1.84. The van der Waals surface area contributed by atoms with Crippen molar-refractivity contribution in [1.29, 1.82) is 0 Å². The number of nitrogens with zero attached hydrogens (tertiary/aromatic N) is 3. The van der Waals surface area contributed by atoms with Crippen molar-refractivity contribution in [3.05, 3.63) is 52.2 Å². The number of amides is 1. The second-order valence-electron chi connectivity index (χ2n) is 5.98. The average molecular weight is 360 g/mol. The third-order valence-corrected chi connectivity index (χ3v) is 4.20. The van der Waals surface area contributed by atoms with E-state index in [1.54, 1.807) is 12.1 Å². The lowest BCUT2D eigenvalue weighted by molar-refractivity contribution is -0.115. The van der Waals surface area contributed by atoms with Crippen LogP contribution in [0, 0.1) is 5.82 Å². The highest BCUT2D eigenvalue weighted by molar-refractivity contribution is 5.95. The second-order valence-corrected chi connectivity index (χ2v) is 5.98. The van der Waals surface area contributed by atoms with E-state index in [0.29, 0.717) is 49.8 Å². The van der Waals surface area contributed by atoms with Gasteiger partial charge in [-0.05, 0) is 24.6 Å². The van der Waals surface area contributed by atoms with Gasteiger partial charge in [-0.25, -0.2) is 9.07 Å². The summed E-state index contributed by atoms with van der Waals surface area (Å²) in [7, 11) is 0. The number of carbonyl (C=O) groups is 1. The Morgan fingerprint density at radius 1 is 1.27 bits per heavy atom. The van der Waals surface area contributed by atoms with Crippen LogP contribution in [0.1, 0.15) is 12.5 Å². The maximum absolute atomic E-state index is 13.0. The highest BCUT2D eigenvalue weighted by Gasteiger charge is 2.21. The van der Waals surface area contributed by atoms with Gasteiger partial charge in [0.15, 0.2) is 0 Å². The van der Waals surface area contributed by atoms with Crippen molar-refractivity contribution in [2.24, 2.45) is 0 Å². The van der Waals surface area contributed by atoms with Gasteiger partial charge in [0.05, 0.1) is 31.5 Å². The number of carbonyl (C=O) groups excluding carboxylic acids is 1.